The van der Waals surface area contributed by atoms with Crippen LogP contribution in [0.1, 0.15) is 27.3 Å². The third-order valence-corrected chi connectivity index (χ3v) is 4.98. The van der Waals surface area contributed by atoms with Crippen LogP contribution < -0.4 is 5.32 Å². The SMILES string of the molecule is Cc1cc(/C=C2\SC(=O)NC2=O)c(C)n1-c1ccc(Cl)c(C(=O)O)c1. The molecule has 2 aromatic rings. The lowest BCUT2D eigenvalue weighted by Crippen LogP contribution is -2.17. The van der Waals surface area contributed by atoms with Gasteiger partial charge in [-0.05, 0) is 61.5 Å². The lowest BCUT2D eigenvalue weighted by atomic mass is 10.2. The molecule has 0 unspecified atom stereocenters. The van der Waals surface area contributed by atoms with Crippen molar-refractivity contribution in [3.63, 3.8) is 0 Å². The highest BCUT2D eigenvalue weighted by molar-refractivity contribution is 8.18. The van der Waals surface area contributed by atoms with Crippen molar-refractivity contribution in [3.8, 4) is 5.69 Å². The molecule has 6 nitrogen and oxygen atoms in total. The average molecular weight is 377 g/mol. The van der Waals surface area contributed by atoms with Crippen LogP contribution in [0.5, 0.6) is 0 Å². The van der Waals surface area contributed by atoms with Crippen LogP contribution in [-0.2, 0) is 4.79 Å². The maximum atomic E-state index is 11.7. The second-order valence-electron chi connectivity index (χ2n) is 5.48. The van der Waals surface area contributed by atoms with Crippen LogP contribution >= 0.6 is 23.4 Å². The zero-order valence-electron chi connectivity index (χ0n) is 13.3. The minimum absolute atomic E-state index is 0.0166. The molecule has 1 fully saturated rings. The summed E-state index contributed by atoms with van der Waals surface area (Å²) >= 11 is 6.78. The highest BCUT2D eigenvalue weighted by Gasteiger charge is 2.25. The quantitative estimate of drug-likeness (QED) is 0.796. The summed E-state index contributed by atoms with van der Waals surface area (Å²) in [4.78, 5) is 34.6. The number of hydrogen-bond donors (Lipinski definition) is 2. The molecular weight excluding hydrogens is 364 g/mol. The third-order valence-electron chi connectivity index (χ3n) is 3.84. The average Bonchev–Trinajstić information content (AvgIpc) is 2.99. The van der Waals surface area contributed by atoms with E-state index >= 15 is 0 Å². The summed E-state index contributed by atoms with van der Waals surface area (Å²) in [6.45, 7) is 3.73. The number of aromatic carboxylic acids is 1. The fourth-order valence-corrected chi connectivity index (χ4v) is 3.58. The van der Waals surface area contributed by atoms with Gasteiger partial charge in [0.25, 0.3) is 11.1 Å². The number of amides is 2. The number of carbonyl (C=O) groups is 3. The number of nitrogens with zero attached hydrogens (tertiary/aromatic N) is 1. The van der Waals surface area contributed by atoms with Crippen LogP contribution in [-0.4, -0.2) is 26.8 Å². The molecule has 1 aliphatic rings. The van der Waals surface area contributed by atoms with Crippen molar-refractivity contribution in [2.24, 2.45) is 0 Å². The molecule has 25 heavy (non-hydrogen) atoms. The van der Waals surface area contributed by atoms with Crippen LogP contribution in [0.15, 0.2) is 29.2 Å². The van der Waals surface area contributed by atoms with Gasteiger partial charge < -0.3 is 9.67 Å². The number of carbonyl (C=O) groups excluding carboxylic acids is 2. The Morgan fingerprint density at radius 2 is 2.00 bits per heavy atom. The minimum Gasteiger partial charge on any atom is -0.478 e. The first kappa shape index (κ1) is 17.3. The molecule has 128 valence electrons. The number of aryl methyl sites for hydroxylation is 1. The Kier molecular flexibility index (Phi) is 4.45. The van der Waals surface area contributed by atoms with Crippen molar-refractivity contribution in [3.05, 3.63) is 56.7 Å². The van der Waals surface area contributed by atoms with Gasteiger partial charge >= 0.3 is 5.97 Å². The van der Waals surface area contributed by atoms with Crippen molar-refractivity contribution in [1.29, 1.82) is 0 Å². The summed E-state index contributed by atoms with van der Waals surface area (Å²) in [6, 6.07) is 6.64. The van der Waals surface area contributed by atoms with E-state index in [1.54, 1.807) is 12.1 Å². The van der Waals surface area contributed by atoms with Crippen LogP contribution in [0.4, 0.5) is 4.79 Å². The van der Waals surface area contributed by atoms with E-state index in [0.717, 1.165) is 28.7 Å². The Labute approximate surface area is 152 Å². The fourth-order valence-electron chi connectivity index (χ4n) is 2.71. The molecule has 8 heteroatoms. The number of imide groups is 1. The molecule has 1 aromatic heterocycles. The van der Waals surface area contributed by atoms with Gasteiger partial charge in [-0.15, -0.1) is 0 Å². The molecule has 2 amide bonds. The molecule has 2 heterocycles. The van der Waals surface area contributed by atoms with Gasteiger partial charge in [0.1, 0.15) is 0 Å². The maximum absolute atomic E-state index is 11.7. The third kappa shape index (κ3) is 3.20. The first-order valence-corrected chi connectivity index (χ1v) is 8.44. The summed E-state index contributed by atoms with van der Waals surface area (Å²) in [7, 11) is 0. The molecule has 0 saturated carbocycles. The predicted molar refractivity (Wildman–Crippen MR) is 96.3 cm³/mol. The number of benzene rings is 1. The standard InChI is InChI=1S/C17H13ClN2O4S/c1-8-5-10(6-14-15(21)19-17(24)25-14)9(2)20(8)11-3-4-13(18)12(7-11)16(22)23/h3-7H,1-2H3,(H,22,23)(H,19,21,24)/b14-6-. The van der Waals surface area contributed by atoms with Crippen LogP contribution in [0, 0.1) is 13.8 Å². The molecule has 2 N–H and O–H groups in total. The number of thioether (sulfide) groups is 1. The molecule has 0 aliphatic carbocycles. The number of halogens is 1. The van der Waals surface area contributed by atoms with Crippen molar-refractivity contribution in [2.45, 2.75) is 13.8 Å². The molecule has 0 spiro atoms. The predicted octanol–water partition coefficient (Wildman–Crippen LogP) is 3.77. The molecule has 0 atom stereocenters. The van der Waals surface area contributed by atoms with E-state index in [4.69, 9.17) is 11.6 Å². The largest absolute Gasteiger partial charge is 0.478 e. The van der Waals surface area contributed by atoms with Crippen LogP contribution in [0.25, 0.3) is 11.8 Å². The molecule has 0 bridgehead atoms. The second kappa shape index (κ2) is 6.42. The lowest BCUT2D eigenvalue weighted by molar-refractivity contribution is -0.115. The Morgan fingerprint density at radius 3 is 2.60 bits per heavy atom. The minimum atomic E-state index is -1.10. The Balaban J connectivity index is 2.08. The molecule has 1 aromatic carbocycles. The topological polar surface area (TPSA) is 88.4 Å². The lowest BCUT2D eigenvalue weighted by Gasteiger charge is -2.11. The summed E-state index contributed by atoms with van der Waals surface area (Å²) in [5.74, 6) is -1.52. The van der Waals surface area contributed by atoms with Gasteiger partial charge in [0.15, 0.2) is 0 Å². The smallest absolute Gasteiger partial charge is 0.337 e. The van der Waals surface area contributed by atoms with Gasteiger partial charge in [0.2, 0.25) is 0 Å². The zero-order chi connectivity index (χ0) is 18.3. The van der Waals surface area contributed by atoms with Gasteiger partial charge in [0, 0.05) is 17.1 Å². The van der Waals surface area contributed by atoms with E-state index in [-0.39, 0.29) is 10.6 Å². The first-order chi connectivity index (χ1) is 11.8. The van der Waals surface area contributed by atoms with E-state index in [9.17, 15) is 19.5 Å². The Bertz CT molecular complexity index is 962. The van der Waals surface area contributed by atoms with Gasteiger partial charge in [-0.2, -0.15) is 0 Å². The normalized spacial score (nSPS) is 15.7. The molecule has 0 radical (unpaired) electrons. The number of carboxylic acid groups (broad SMARTS) is 1. The maximum Gasteiger partial charge on any atom is 0.337 e. The van der Waals surface area contributed by atoms with Crippen molar-refractivity contribution in [1.82, 2.24) is 9.88 Å². The fraction of sp³-hybridized carbons (Fsp3) is 0.118. The molecule has 3 rings (SSSR count). The van der Waals surface area contributed by atoms with E-state index in [1.165, 1.54) is 12.1 Å². The Morgan fingerprint density at radius 1 is 1.28 bits per heavy atom. The first-order valence-electron chi connectivity index (χ1n) is 7.25. The van der Waals surface area contributed by atoms with Crippen molar-refractivity contribution < 1.29 is 19.5 Å². The van der Waals surface area contributed by atoms with Crippen molar-refractivity contribution in [2.75, 3.05) is 0 Å². The van der Waals surface area contributed by atoms with Crippen molar-refractivity contribution >= 4 is 46.6 Å². The van der Waals surface area contributed by atoms with E-state index < -0.39 is 17.1 Å². The highest BCUT2D eigenvalue weighted by Crippen LogP contribution is 2.30. The number of nitrogens with one attached hydrogen (secondary N) is 1. The number of carboxylic acids is 1. The van der Waals surface area contributed by atoms with Gasteiger partial charge in [-0.1, -0.05) is 11.6 Å². The monoisotopic (exact) mass is 376 g/mol. The van der Waals surface area contributed by atoms with Crippen LogP contribution in [0.3, 0.4) is 0 Å². The Hall–Kier alpha value is -2.51. The number of aromatic nitrogens is 1. The number of hydrogen-bond acceptors (Lipinski definition) is 4. The van der Waals surface area contributed by atoms with Gasteiger partial charge in [0.05, 0.1) is 15.5 Å². The van der Waals surface area contributed by atoms with Crippen LogP contribution in [0.2, 0.25) is 5.02 Å². The molecule has 1 aliphatic heterocycles. The summed E-state index contributed by atoms with van der Waals surface area (Å²) in [5.41, 5.74) is 3.12. The second-order valence-corrected chi connectivity index (χ2v) is 6.91. The van der Waals surface area contributed by atoms with E-state index in [1.807, 2.05) is 24.5 Å². The summed E-state index contributed by atoms with van der Waals surface area (Å²) < 4.78 is 1.87. The highest BCUT2D eigenvalue weighted by atomic mass is 35.5. The van der Waals surface area contributed by atoms with Gasteiger partial charge in [-0.25, -0.2) is 4.79 Å². The summed E-state index contributed by atoms with van der Waals surface area (Å²) in [6.07, 6.45) is 1.65. The van der Waals surface area contributed by atoms with Gasteiger partial charge in [-0.3, -0.25) is 14.9 Å². The molecular formula is C17H13ClN2O4S. The zero-order valence-corrected chi connectivity index (χ0v) is 14.9. The van der Waals surface area contributed by atoms with E-state index in [0.29, 0.717) is 10.6 Å². The van der Waals surface area contributed by atoms with E-state index in [2.05, 4.69) is 5.32 Å². The molecule has 1 saturated heterocycles. The number of rotatable bonds is 3. The summed E-state index contributed by atoms with van der Waals surface area (Å²) in [5, 5.41) is 11.2.